The van der Waals surface area contributed by atoms with Crippen LogP contribution in [0, 0.1) is 0 Å². The lowest BCUT2D eigenvalue weighted by molar-refractivity contribution is 0.570. The first kappa shape index (κ1) is 12.1. The second-order valence-electron chi connectivity index (χ2n) is 4.77. The molecule has 94 valence electrons. The van der Waals surface area contributed by atoms with Crippen LogP contribution < -0.4 is 16.2 Å². The van der Waals surface area contributed by atoms with Crippen molar-refractivity contribution in [1.29, 1.82) is 0 Å². The molecule has 1 aliphatic rings. The van der Waals surface area contributed by atoms with Gasteiger partial charge in [0.1, 0.15) is 0 Å². The Hall–Kier alpha value is -1.36. The molecule has 0 aromatic carbocycles. The van der Waals surface area contributed by atoms with Gasteiger partial charge in [-0.2, -0.15) is 0 Å². The van der Waals surface area contributed by atoms with E-state index < -0.39 is 0 Å². The summed E-state index contributed by atoms with van der Waals surface area (Å²) >= 11 is 0. The first-order chi connectivity index (χ1) is 8.15. The van der Waals surface area contributed by atoms with E-state index in [4.69, 9.17) is 5.73 Å². The number of anilines is 1. The molecule has 17 heavy (non-hydrogen) atoms. The van der Waals surface area contributed by atoms with Crippen molar-refractivity contribution >= 4 is 5.82 Å². The van der Waals surface area contributed by atoms with Crippen molar-refractivity contribution in [2.45, 2.75) is 38.8 Å². The van der Waals surface area contributed by atoms with Gasteiger partial charge in [-0.05, 0) is 26.7 Å². The standard InChI is InChI=1S/C12H20N4O/c1-9(2)15-8-6-14-11(12(15)17)16(7-5-13)10-3-4-10/h6,8-10H,3-5,7,13H2,1-2H3. The minimum atomic E-state index is -0.0112. The molecule has 1 aromatic heterocycles. The fraction of sp³-hybridized carbons (Fsp3) is 0.667. The summed E-state index contributed by atoms with van der Waals surface area (Å²) in [4.78, 5) is 18.6. The molecule has 1 heterocycles. The summed E-state index contributed by atoms with van der Waals surface area (Å²) < 4.78 is 1.72. The maximum Gasteiger partial charge on any atom is 0.293 e. The Morgan fingerprint density at radius 3 is 2.82 bits per heavy atom. The van der Waals surface area contributed by atoms with Crippen molar-refractivity contribution in [3.05, 3.63) is 22.7 Å². The number of nitrogens with two attached hydrogens (primary N) is 1. The molecular formula is C12H20N4O. The van der Waals surface area contributed by atoms with Crippen LogP contribution in [0.5, 0.6) is 0 Å². The molecule has 5 heteroatoms. The third-order valence-corrected chi connectivity index (χ3v) is 3.04. The quantitative estimate of drug-likeness (QED) is 0.819. The Morgan fingerprint density at radius 1 is 1.59 bits per heavy atom. The van der Waals surface area contributed by atoms with Crippen LogP contribution in [0.3, 0.4) is 0 Å². The molecule has 0 radical (unpaired) electrons. The SMILES string of the molecule is CC(C)n1ccnc(N(CCN)C2CC2)c1=O. The minimum Gasteiger partial charge on any atom is -0.348 e. The number of hydrogen-bond donors (Lipinski definition) is 1. The highest BCUT2D eigenvalue weighted by molar-refractivity contribution is 5.39. The van der Waals surface area contributed by atoms with E-state index in [9.17, 15) is 4.79 Å². The topological polar surface area (TPSA) is 64.2 Å². The third kappa shape index (κ3) is 2.49. The lowest BCUT2D eigenvalue weighted by Gasteiger charge is -2.23. The molecule has 2 N–H and O–H groups in total. The fourth-order valence-corrected chi connectivity index (χ4v) is 2.00. The highest BCUT2D eigenvalue weighted by atomic mass is 16.1. The second-order valence-corrected chi connectivity index (χ2v) is 4.77. The Labute approximate surface area is 101 Å². The summed E-state index contributed by atoms with van der Waals surface area (Å²) in [7, 11) is 0. The maximum atomic E-state index is 12.3. The van der Waals surface area contributed by atoms with Crippen LogP contribution in [-0.2, 0) is 0 Å². The number of nitrogens with zero attached hydrogens (tertiary/aromatic N) is 3. The summed E-state index contributed by atoms with van der Waals surface area (Å²) in [6.45, 7) is 5.24. The summed E-state index contributed by atoms with van der Waals surface area (Å²) in [6, 6.07) is 0.616. The highest BCUT2D eigenvalue weighted by Gasteiger charge is 2.31. The molecule has 0 unspecified atom stereocenters. The fourth-order valence-electron chi connectivity index (χ4n) is 2.00. The second kappa shape index (κ2) is 4.87. The molecule has 5 nitrogen and oxygen atoms in total. The monoisotopic (exact) mass is 236 g/mol. The van der Waals surface area contributed by atoms with Gasteiger partial charge in [0, 0.05) is 37.6 Å². The van der Waals surface area contributed by atoms with Crippen molar-refractivity contribution in [3.8, 4) is 0 Å². The van der Waals surface area contributed by atoms with Gasteiger partial charge in [0.25, 0.3) is 5.56 Å². The van der Waals surface area contributed by atoms with Gasteiger partial charge in [-0.15, -0.1) is 0 Å². The predicted molar refractivity (Wildman–Crippen MR) is 68.3 cm³/mol. The van der Waals surface area contributed by atoms with Crippen molar-refractivity contribution in [2.24, 2.45) is 5.73 Å². The molecular weight excluding hydrogens is 216 g/mol. The molecule has 0 amide bonds. The van der Waals surface area contributed by atoms with E-state index in [2.05, 4.69) is 9.88 Å². The van der Waals surface area contributed by atoms with Gasteiger partial charge in [0.05, 0.1) is 0 Å². The van der Waals surface area contributed by atoms with E-state index in [1.807, 2.05) is 13.8 Å². The van der Waals surface area contributed by atoms with Crippen LogP contribution >= 0.6 is 0 Å². The van der Waals surface area contributed by atoms with E-state index in [0.717, 1.165) is 12.8 Å². The number of aromatic nitrogens is 2. The zero-order valence-corrected chi connectivity index (χ0v) is 10.5. The van der Waals surface area contributed by atoms with Gasteiger partial charge in [-0.3, -0.25) is 4.79 Å². The summed E-state index contributed by atoms with van der Waals surface area (Å²) in [5.41, 5.74) is 5.59. The van der Waals surface area contributed by atoms with Crippen molar-refractivity contribution < 1.29 is 0 Å². The van der Waals surface area contributed by atoms with Gasteiger partial charge in [0.2, 0.25) is 0 Å². The van der Waals surface area contributed by atoms with Gasteiger partial charge < -0.3 is 15.2 Å². The smallest absolute Gasteiger partial charge is 0.293 e. The summed E-state index contributed by atoms with van der Waals surface area (Å²) in [5, 5.41) is 0. The van der Waals surface area contributed by atoms with Gasteiger partial charge >= 0.3 is 0 Å². The van der Waals surface area contributed by atoms with Crippen LogP contribution in [0.15, 0.2) is 17.2 Å². The zero-order valence-electron chi connectivity index (χ0n) is 10.5. The first-order valence-corrected chi connectivity index (χ1v) is 6.19. The maximum absolute atomic E-state index is 12.3. The van der Waals surface area contributed by atoms with Gasteiger partial charge in [-0.25, -0.2) is 4.98 Å². The van der Waals surface area contributed by atoms with Crippen LogP contribution in [0.25, 0.3) is 0 Å². The highest BCUT2D eigenvalue weighted by Crippen LogP contribution is 2.28. The van der Waals surface area contributed by atoms with Gasteiger partial charge in [-0.1, -0.05) is 0 Å². The number of hydrogen-bond acceptors (Lipinski definition) is 4. The molecule has 0 bridgehead atoms. The average molecular weight is 236 g/mol. The van der Waals surface area contributed by atoms with Gasteiger partial charge in [0.15, 0.2) is 5.82 Å². The molecule has 2 rings (SSSR count). The van der Waals surface area contributed by atoms with E-state index >= 15 is 0 Å². The Bertz CT molecular complexity index is 436. The molecule has 0 saturated heterocycles. The van der Waals surface area contributed by atoms with Crippen LogP contribution in [0.1, 0.15) is 32.7 Å². The molecule has 1 fully saturated rings. The first-order valence-electron chi connectivity index (χ1n) is 6.19. The lowest BCUT2D eigenvalue weighted by atomic mass is 10.3. The molecule has 1 aromatic rings. The van der Waals surface area contributed by atoms with E-state index in [0.29, 0.717) is 24.9 Å². The summed E-state index contributed by atoms with van der Waals surface area (Å²) in [6.07, 6.45) is 5.71. The zero-order chi connectivity index (χ0) is 12.4. The van der Waals surface area contributed by atoms with E-state index in [-0.39, 0.29) is 11.6 Å². The van der Waals surface area contributed by atoms with Crippen LogP contribution in [-0.4, -0.2) is 28.7 Å². The largest absolute Gasteiger partial charge is 0.348 e. The number of rotatable bonds is 5. The molecule has 0 aliphatic heterocycles. The molecule has 0 spiro atoms. The average Bonchev–Trinajstić information content (AvgIpc) is 3.10. The molecule has 1 aliphatic carbocycles. The predicted octanol–water partition coefficient (Wildman–Crippen LogP) is 0.752. The minimum absolute atomic E-state index is 0.0112. The third-order valence-electron chi connectivity index (χ3n) is 3.04. The molecule has 1 saturated carbocycles. The Morgan fingerprint density at radius 2 is 2.29 bits per heavy atom. The van der Waals surface area contributed by atoms with E-state index in [1.165, 1.54) is 0 Å². The normalized spacial score (nSPS) is 15.3. The van der Waals surface area contributed by atoms with Crippen molar-refractivity contribution in [2.75, 3.05) is 18.0 Å². The summed E-state index contributed by atoms with van der Waals surface area (Å²) in [5.74, 6) is 0.550. The lowest BCUT2D eigenvalue weighted by Crippen LogP contribution is -2.38. The van der Waals surface area contributed by atoms with Crippen LogP contribution in [0.4, 0.5) is 5.82 Å². The Balaban J connectivity index is 2.36. The van der Waals surface area contributed by atoms with Crippen molar-refractivity contribution in [1.82, 2.24) is 9.55 Å². The van der Waals surface area contributed by atoms with Crippen molar-refractivity contribution in [3.63, 3.8) is 0 Å². The van der Waals surface area contributed by atoms with E-state index in [1.54, 1.807) is 17.0 Å². The Kier molecular flexibility index (Phi) is 3.47. The molecule has 0 atom stereocenters. The van der Waals surface area contributed by atoms with Crippen LogP contribution in [0.2, 0.25) is 0 Å².